The third kappa shape index (κ3) is 4.85. The zero-order valence-electron chi connectivity index (χ0n) is 18.1. The molecule has 1 saturated heterocycles. The molecule has 160 valence electrons. The lowest BCUT2D eigenvalue weighted by atomic mass is 9.87. The number of carbonyl (C=O) groups is 2. The van der Waals surface area contributed by atoms with Crippen LogP contribution in [-0.2, 0) is 9.59 Å². The van der Waals surface area contributed by atoms with Gasteiger partial charge in [0.05, 0.1) is 20.1 Å². The van der Waals surface area contributed by atoms with Crippen molar-refractivity contribution in [2.45, 2.75) is 45.4 Å². The highest BCUT2D eigenvalue weighted by Gasteiger charge is 2.43. The average Bonchev–Trinajstić information content (AvgIpc) is 3.41. The summed E-state index contributed by atoms with van der Waals surface area (Å²) >= 11 is 0. The maximum atomic E-state index is 13.1. The summed E-state index contributed by atoms with van der Waals surface area (Å²) in [5.41, 5.74) is 0.929. The number of rotatable bonds is 7. The van der Waals surface area contributed by atoms with Crippen LogP contribution in [0.3, 0.4) is 0 Å². The molecule has 6 nitrogen and oxygen atoms in total. The van der Waals surface area contributed by atoms with Crippen LogP contribution in [0.1, 0.15) is 51.0 Å². The van der Waals surface area contributed by atoms with E-state index in [0.29, 0.717) is 25.6 Å². The van der Waals surface area contributed by atoms with Crippen LogP contribution in [0.25, 0.3) is 0 Å². The highest BCUT2D eigenvalue weighted by Crippen LogP contribution is 2.40. The molecule has 1 N–H and O–H groups in total. The Hall–Kier alpha value is -2.24. The van der Waals surface area contributed by atoms with Crippen LogP contribution >= 0.6 is 0 Å². The fourth-order valence-corrected chi connectivity index (χ4v) is 4.56. The van der Waals surface area contributed by atoms with Crippen LogP contribution in [-0.4, -0.2) is 50.6 Å². The third-order valence-electron chi connectivity index (χ3n) is 6.19. The first-order chi connectivity index (χ1) is 13.9. The summed E-state index contributed by atoms with van der Waals surface area (Å²) in [6.45, 7) is 5.79. The summed E-state index contributed by atoms with van der Waals surface area (Å²) in [6.07, 6.45) is 4.17. The van der Waals surface area contributed by atoms with Crippen molar-refractivity contribution in [1.29, 1.82) is 0 Å². The predicted octanol–water partition coefficient (Wildman–Crippen LogP) is 3.21. The number of methoxy groups -OCH3 is 2. The Bertz CT molecular complexity index is 728. The van der Waals surface area contributed by atoms with E-state index in [-0.39, 0.29) is 29.6 Å². The number of likely N-dealkylation sites (tertiary alicyclic amines) is 1. The third-order valence-corrected chi connectivity index (χ3v) is 6.19. The summed E-state index contributed by atoms with van der Waals surface area (Å²) < 4.78 is 11.0. The van der Waals surface area contributed by atoms with Gasteiger partial charge in [0.15, 0.2) is 0 Å². The lowest BCUT2D eigenvalue weighted by Gasteiger charge is -2.21. The van der Waals surface area contributed by atoms with Crippen molar-refractivity contribution < 1.29 is 19.1 Å². The number of ether oxygens (including phenoxy) is 2. The van der Waals surface area contributed by atoms with E-state index < -0.39 is 0 Å². The molecule has 2 amide bonds. The summed E-state index contributed by atoms with van der Waals surface area (Å²) in [4.78, 5) is 28.0. The maximum Gasteiger partial charge on any atom is 0.225 e. The first-order valence-corrected chi connectivity index (χ1v) is 10.7. The van der Waals surface area contributed by atoms with Gasteiger partial charge in [0.2, 0.25) is 11.8 Å². The molecule has 1 aliphatic heterocycles. The van der Waals surface area contributed by atoms with Gasteiger partial charge < -0.3 is 19.7 Å². The van der Waals surface area contributed by atoms with Gasteiger partial charge >= 0.3 is 0 Å². The molecule has 29 heavy (non-hydrogen) atoms. The highest BCUT2D eigenvalue weighted by molar-refractivity contribution is 5.84. The van der Waals surface area contributed by atoms with Crippen molar-refractivity contribution in [3.63, 3.8) is 0 Å². The van der Waals surface area contributed by atoms with Gasteiger partial charge in [-0.3, -0.25) is 9.59 Å². The van der Waals surface area contributed by atoms with Gasteiger partial charge in [-0.25, -0.2) is 0 Å². The van der Waals surface area contributed by atoms with Gasteiger partial charge in [0.25, 0.3) is 0 Å². The molecule has 2 aliphatic rings. The predicted molar refractivity (Wildman–Crippen MR) is 112 cm³/mol. The molecule has 1 aliphatic carbocycles. The molecule has 0 unspecified atom stereocenters. The fourth-order valence-electron chi connectivity index (χ4n) is 4.56. The van der Waals surface area contributed by atoms with Crippen molar-refractivity contribution in [3.05, 3.63) is 23.8 Å². The Kier molecular flexibility index (Phi) is 7.04. The van der Waals surface area contributed by atoms with Gasteiger partial charge in [0.1, 0.15) is 11.5 Å². The van der Waals surface area contributed by atoms with Crippen LogP contribution in [0.5, 0.6) is 11.5 Å². The minimum absolute atomic E-state index is 0.00953. The maximum absolute atomic E-state index is 13.1. The minimum atomic E-state index is -0.292. The lowest BCUT2D eigenvalue weighted by Crippen LogP contribution is -2.38. The number of nitrogens with zero attached hydrogens (tertiary/aromatic N) is 1. The second-order valence-corrected chi connectivity index (χ2v) is 8.68. The summed E-state index contributed by atoms with van der Waals surface area (Å²) in [6, 6.07) is 5.67. The first kappa shape index (κ1) is 21.5. The number of hydrogen-bond donors (Lipinski definition) is 1. The van der Waals surface area contributed by atoms with Gasteiger partial charge in [0, 0.05) is 37.0 Å². The summed E-state index contributed by atoms with van der Waals surface area (Å²) in [5, 5.41) is 3.07. The molecule has 1 aromatic carbocycles. The molecule has 1 heterocycles. The van der Waals surface area contributed by atoms with Gasteiger partial charge in [-0.2, -0.15) is 0 Å². The SMILES string of the molecule is COc1ccc(OC)c([C@H]2CN(C(=O)C3CCCC3)C[C@H]2C(=O)NCC(C)C)c1. The Morgan fingerprint density at radius 2 is 1.86 bits per heavy atom. The first-order valence-electron chi connectivity index (χ1n) is 10.7. The van der Waals surface area contributed by atoms with Crippen molar-refractivity contribution >= 4 is 11.8 Å². The van der Waals surface area contributed by atoms with E-state index in [0.717, 1.165) is 42.7 Å². The highest BCUT2D eigenvalue weighted by atomic mass is 16.5. The molecular formula is C23H34N2O4. The lowest BCUT2D eigenvalue weighted by molar-refractivity contribution is -0.134. The molecule has 0 spiro atoms. The van der Waals surface area contributed by atoms with Crippen molar-refractivity contribution in [3.8, 4) is 11.5 Å². The quantitative estimate of drug-likeness (QED) is 0.760. The smallest absolute Gasteiger partial charge is 0.225 e. The minimum Gasteiger partial charge on any atom is -0.497 e. The monoisotopic (exact) mass is 402 g/mol. The summed E-state index contributed by atoms with van der Waals surface area (Å²) in [5.74, 6) is 1.75. The molecule has 1 saturated carbocycles. The van der Waals surface area contributed by atoms with Crippen LogP contribution < -0.4 is 14.8 Å². The number of hydrogen-bond acceptors (Lipinski definition) is 4. The molecular weight excluding hydrogens is 368 g/mol. The fraction of sp³-hybridized carbons (Fsp3) is 0.652. The van der Waals surface area contributed by atoms with Crippen LogP contribution in [0, 0.1) is 17.8 Å². The Morgan fingerprint density at radius 1 is 1.14 bits per heavy atom. The van der Waals surface area contributed by atoms with Crippen LogP contribution in [0.4, 0.5) is 0 Å². The molecule has 2 atom stereocenters. The van der Waals surface area contributed by atoms with E-state index in [9.17, 15) is 9.59 Å². The number of amides is 2. The van der Waals surface area contributed by atoms with Crippen molar-refractivity contribution in [2.75, 3.05) is 33.9 Å². The number of nitrogens with one attached hydrogen (secondary N) is 1. The molecule has 6 heteroatoms. The second-order valence-electron chi connectivity index (χ2n) is 8.68. The van der Waals surface area contributed by atoms with Gasteiger partial charge in [-0.05, 0) is 37.0 Å². The Labute approximate surface area is 173 Å². The number of carbonyl (C=O) groups excluding carboxylic acids is 2. The van der Waals surface area contributed by atoms with E-state index in [4.69, 9.17) is 9.47 Å². The van der Waals surface area contributed by atoms with E-state index in [1.807, 2.05) is 23.1 Å². The van der Waals surface area contributed by atoms with Crippen molar-refractivity contribution in [1.82, 2.24) is 10.2 Å². The van der Waals surface area contributed by atoms with Crippen LogP contribution in [0.2, 0.25) is 0 Å². The second kappa shape index (κ2) is 9.51. The molecule has 3 rings (SSSR count). The zero-order chi connectivity index (χ0) is 21.0. The molecule has 1 aromatic rings. The molecule has 0 bridgehead atoms. The van der Waals surface area contributed by atoms with E-state index in [2.05, 4.69) is 19.2 Å². The van der Waals surface area contributed by atoms with Gasteiger partial charge in [-0.15, -0.1) is 0 Å². The topological polar surface area (TPSA) is 67.9 Å². The average molecular weight is 403 g/mol. The van der Waals surface area contributed by atoms with Crippen LogP contribution in [0.15, 0.2) is 18.2 Å². The number of benzene rings is 1. The van der Waals surface area contributed by atoms with Crippen molar-refractivity contribution in [2.24, 2.45) is 17.8 Å². The Morgan fingerprint density at radius 3 is 2.48 bits per heavy atom. The normalized spacial score (nSPS) is 22.2. The Balaban J connectivity index is 1.88. The molecule has 2 fully saturated rings. The van der Waals surface area contributed by atoms with E-state index in [1.165, 1.54) is 0 Å². The van der Waals surface area contributed by atoms with E-state index >= 15 is 0 Å². The standard InChI is InChI=1S/C23H34N2O4/c1-15(2)12-24-22(26)20-14-25(23(27)16-7-5-6-8-16)13-19(20)18-11-17(28-3)9-10-21(18)29-4/h9-11,15-16,19-20H,5-8,12-14H2,1-4H3,(H,24,26)/t19-,20-/m1/s1. The molecule has 0 radical (unpaired) electrons. The van der Waals surface area contributed by atoms with E-state index in [1.54, 1.807) is 14.2 Å². The zero-order valence-corrected chi connectivity index (χ0v) is 18.1. The van der Waals surface area contributed by atoms with Gasteiger partial charge in [-0.1, -0.05) is 26.7 Å². The largest absolute Gasteiger partial charge is 0.497 e. The summed E-state index contributed by atoms with van der Waals surface area (Å²) in [7, 11) is 3.26. The molecule has 0 aromatic heterocycles.